The molecule has 1 nitrogen and oxygen atoms in total. The molecule has 4 heavy (non-hydrogen) atoms. The van der Waals surface area contributed by atoms with Gasteiger partial charge >= 0.3 is 39.8 Å². The van der Waals surface area contributed by atoms with Crippen molar-refractivity contribution in [3.8, 4) is 0 Å². The number of rotatable bonds is 0. The summed E-state index contributed by atoms with van der Waals surface area (Å²) in [4.78, 5) is 0. The summed E-state index contributed by atoms with van der Waals surface area (Å²) in [6.07, 6.45) is 0. The zero-order valence-corrected chi connectivity index (χ0v) is 5.45. The van der Waals surface area contributed by atoms with Crippen molar-refractivity contribution in [2.24, 2.45) is 0 Å². The van der Waals surface area contributed by atoms with Gasteiger partial charge in [-0.3, -0.25) is 0 Å². The molecule has 0 N–H and O–H groups in total. The Morgan fingerprint density at radius 3 is 1.50 bits per heavy atom. The van der Waals surface area contributed by atoms with E-state index in [1.54, 1.807) is 22.6 Å². The second kappa shape index (κ2) is 2.02. The Bertz CT molecular complexity index is 10.8. The summed E-state index contributed by atoms with van der Waals surface area (Å²) < 4.78 is 2.05. The van der Waals surface area contributed by atoms with Crippen molar-refractivity contribution in [2.45, 2.75) is 0 Å². The van der Waals surface area contributed by atoms with Gasteiger partial charge in [0, 0.05) is 0 Å². The first kappa shape index (κ1) is 4.75. The fraction of sp³-hybridized carbons (Fsp3) is 1.00. The van der Waals surface area contributed by atoms with Crippen LogP contribution in [0.15, 0.2) is 0 Å². The first-order valence-electron chi connectivity index (χ1n) is 1.09. The van der Waals surface area contributed by atoms with Crippen LogP contribution in [0.3, 0.4) is 0 Å². The van der Waals surface area contributed by atoms with Gasteiger partial charge in [0.05, 0.1) is 0 Å². The number of hydrogen-bond acceptors (Lipinski definition) is 1. The summed E-state index contributed by atoms with van der Waals surface area (Å²) in [5, 5.41) is 0. The monoisotopic (exact) mass is 175 g/mol. The average molecular weight is 173 g/mol. The Balaban J connectivity index is 2.32. The Morgan fingerprint density at radius 2 is 1.50 bits per heavy atom. The fourth-order valence-electron chi connectivity index (χ4n) is 0. The minimum absolute atomic E-state index is 1.71. The summed E-state index contributed by atoms with van der Waals surface area (Å²) in [6, 6.07) is 0. The predicted octanol–water partition coefficient (Wildman–Crippen LogP) is -0.636. The van der Waals surface area contributed by atoms with E-state index in [0.717, 1.165) is 0 Å². The molecule has 0 aliphatic rings. The SMILES string of the molecule is CN(C)[TeH]. The summed E-state index contributed by atoms with van der Waals surface area (Å²) in [7, 11) is 4.04. The molecule has 0 aliphatic carbocycles. The van der Waals surface area contributed by atoms with Gasteiger partial charge in [0.15, 0.2) is 0 Å². The molecule has 2 heteroatoms. The third-order valence-corrected chi connectivity index (χ3v) is 0. The van der Waals surface area contributed by atoms with E-state index >= 15 is 0 Å². The Kier molecular flexibility index (Phi) is 2.39. The molecule has 0 aliphatic heterocycles. The standard InChI is InChI=1S/C2H7NTe/c1-3(2)4/h4H,1-2H3. The summed E-state index contributed by atoms with van der Waals surface area (Å²) >= 11 is 1.71. The third kappa shape index (κ3) is 15.0. The molecule has 0 heterocycles. The molecule has 0 aromatic carbocycles. The van der Waals surface area contributed by atoms with E-state index in [0.29, 0.717) is 0 Å². The van der Waals surface area contributed by atoms with E-state index in [1.807, 2.05) is 14.1 Å². The molecule has 0 saturated carbocycles. The normalized spacial score (nSPS) is 9.00. The van der Waals surface area contributed by atoms with Crippen LogP contribution in [0.1, 0.15) is 0 Å². The van der Waals surface area contributed by atoms with Gasteiger partial charge in [0.2, 0.25) is 0 Å². The zero-order chi connectivity index (χ0) is 3.58. The van der Waals surface area contributed by atoms with E-state index in [9.17, 15) is 0 Å². The van der Waals surface area contributed by atoms with Crippen molar-refractivity contribution < 1.29 is 0 Å². The fourth-order valence-corrected chi connectivity index (χ4v) is 0. The van der Waals surface area contributed by atoms with Crippen LogP contribution >= 0.6 is 0 Å². The van der Waals surface area contributed by atoms with Gasteiger partial charge in [-0.15, -0.1) is 0 Å². The zero-order valence-electron chi connectivity index (χ0n) is 2.89. The molecule has 0 rings (SSSR count). The number of nitrogens with zero attached hydrogens (tertiary/aromatic N) is 1. The van der Waals surface area contributed by atoms with Gasteiger partial charge in [-0.25, -0.2) is 0 Å². The van der Waals surface area contributed by atoms with E-state index < -0.39 is 0 Å². The Labute approximate surface area is 40.2 Å². The van der Waals surface area contributed by atoms with Crippen LogP contribution in [0.4, 0.5) is 0 Å². The van der Waals surface area contributed by atoms with E-state index in [1.165, 1.54) is 0 Å². The van der Waals surface area contributed by atoms with Crippen LogP contribution in [-0.2, 0) is 0 Å². The van der Waals surface area contributed by atoms with Gasteiger partial charge < -0.3 is 0 Å². The molecule has 0 fully saturated rings. The summed E-state index contributed by atoms with van der Waals surface area (Å²) in [5.41, 5.74) is 0. The topological polar surface area (TPSA) is 3.24 Å². The molecule has 0 aromatic heterocycles. The molecule has 0 radical (unpaired) electrons. The van der Waals surface area contributed by atoms with Gasteiger partial charge in [0.1, 0.15) is 0 Å². The molecule has 0 saturated heterocycles. The van der Waals surface area contributed by atoms with Gasteiger partial charge in [0.25, 0.3) is 0 Å². The van der Waals surface area contributed by atoms with E-state index in [4.69, 9.17) is 0 Å². The molecule has 0 amide bonds. The first-order chi connectivity index (χ1) is 1.73. The summed E-state index contributed by atoms with van der Waals surface area (Å²) in [6.45, 7) is 0. The Morgan fingerprint density at radius 1 is 1.50 bits per heavy atom. The maximum absolute atomic E-state index is 2.05. The second-order valence-electron chi connectivity index (χ2n) is 0.847. The molecular weight excluding hydrogens is 166 g/mol. The average Bonchev–Trinajstić information content (AvgIpc) is 0.811. The quantitative estimate of drug-likeness (QED) is 0.440. The van der Waals surface area contributed by atoms with Crippen LogP contribution in [0.2, 0.25) is 0 Å². The molecule has 0 atom stereocenters. The summed E-state index contributed by atoms with van der Waals surface area (Å²) in [5.74, 6) is 0. The third-order valence-electron chi connectivity index (χ3n) is 0. The molecule has 0 spiro atoms. The van der Waals surface area contributed by atoms with Crippen molar-refractivity contribution in [2.75, 3.05) is 14.1 Å². The van der Waals surface area contributed by atoms with Crippen molar-refractivity contribution >= 4 is 22.6 Å². The van der Waals surface area contributed by atoms with Crippen molar-refractivity contribution in [3.05, 3.63) is 0 Å². The first-order valence-corrected chi connectivity index (χ1v) is 2.24. The molecule has 0 unspecified atom stereocenters. The predicted molar refractivity (Wildman–Crippen MR) is 20.8 cm³/mol. The van der Waals surface area contributed by atoms with Crippen molar-refractivity contribution in [1.29, 1.82) is 0 Å². The minimum atomic E-state index is 1.71. The van der Waals surface area contributed by atoms with Crippen LogP contribution in [0, 0.1) is 0 Å². The molecular formula is C2H7NTe. The van der Waals surface area contributed by atoms with E-state index in [2.05, 4.69) is 3.15 Å². The van der Waals surface area contributed by atoms with E-state index in [-0.39, 0.29) is 0 Å². The van der Waals surface area contributed by atoms with Crippen LogP contribution in [-0.4, -0.2) is 39.8 Å². The molecule has 0 bridgehead atoms. The van der Waals surface area contributed by atoms with Crippen LogP contribution in [0.25, 0.3) is 0 Å². The van der Waals surface area contributed by atoms with Gasteiger partial charge in [-0.1, -0.05) is 0 Å². The maximum atomic E-state index is 2.05. The van der Waals surface area contributed by atoms with Crippen molar-refractivity contribution in [3.63, 3.8) is 0 Å². The second-order valence-corrected chi connectivity index (χ2v) is 3.13. The van der Waals surface area contributed by atoms with Gasteiger partial charge in [-0.2, -0.15) is 0 Å². The van der Waals surface area contributed by atoms with Gasteiger partial charge in [-0.05, 0) is 0 Å². The Hall–Kier alpha value is 0.750. The number of hydrogen-bond donors (Lipinski definition) is 0. The van der Waals surface area contributed by atoms with Crippen LogP contribution < -0.4 is 0 Å². The van der Waals surface area contributed by atoms with Crippen LogP contribution in [0.5, 0.6) is 0 Å². The molecule has 0 aromatic rings. The molecule has 26 valence electrons. The van der Waals surface area contributed by atoms with Crippen molar-refractivity contribution in [1.82, 2.24) is 3.15 Å².